The Balaban J connectivity index is 2.27. The van der Waals surface area contributed by atoms with Gasteiger partial charge in [-0.3, -0.25) is 4.99 Å². The standard InChI is InChI=1S/C16H13ClINO3/c1-2-22-15-6-3-10(7-13(15)18)9-19-14-8-11(16(20)21)4-5-12(14)17/h3-9H,2H2,1H3,(H,20,21). The molecule has 6 heteroatoms. The largest absolute Gasteiger partial charge is 0.493 e. The predicted octanol–water partition coefficient (Wildman–Crippen LogP) is 4.79. The van der Waals surface area contributed by atoms with Crippen molar-refractivity contribution in [1.82, 2.24) is 0 Å². The highest BCUT2D eigenvalue weighted by Crippen LogP contribution is 2.26. The Hall–Kier alpha value is -1.60. The van der Waals surface area contributed by atoms with Crippen molar-refractivity contribution in [1.29, 1.82) is 0 Å². The van der Waals surface area contributed by atoms with Crippen molar-refractivity contribution in [2.24, 2.45) is 4.99 Å². The summed E-state index contributed by atoms with van der Waals surface area (Å²) in [7, 11) is 0. The molecule has 2 aromatic rings. The third-order valence-corrected chi connectivity index (χ3v) is 3.96. The second-order valence-corrected chi connectivity index (χ2v) is 5.92. The zero-order chi connectivity index (χ0) is 16.1. The van der Waals surface area contributed by atoms with Crippen LogP contribution in [0.2, 0.25) is 5.02 Å². The number of ether oxygens (including phenoxy) is 1. The van der Waals surface area contributed by atoms with E-state index in [-0.39, 0.29) is 5.56 Å². The Labute approximate surface area is 146 Å². The average Bonchev–Trinajstić information content (AvgIpc) is 2.49. The van der Waals surface area contributed by atoms with E-state index in [9.17, 15) is 4.79 Å². The van der Waals surface area contributed by atoms with E-state index in [4.69, 9.17) is 21.4 Å². The normalized spacial score (nSPS) is 10.9. The van der Waals surface area contributed by atoms with Gasteiger partial charge in [0.05, 0.1) is 26.5 Å². The summed E-state index contributed by atoms with van der Waals surface area (Å²) in [5.74, 6) is -0.185. The van der Waals surface area contributed by atoms with Crippen molar-refractivity contribution in [2.45, 2.75) is 6.92 Å². The summed E-state index contributed by atoms with van der Waals surface area (Å²) in [6.07, 6.45) is 1.64. The fraction of sp³-hybridized carbons (Fsp3) is 0.125. The van der Waals surface area contributed by atoms with E-state index in [0.717, 1.165) is 14.9 Å². The number of aromatic carboxylic acids is 1. The van der Waals surface area contributed by atoms with E-state index in [1.807, 2.05) is 25.1 Å². The van der Waals surface area contributed by atoms with E-state index < -0.39 is 5.97 Å². The van der Waals surface area contributed by atoms with Crippen LogP contribution in [0.3, 0.4) is 0 Å². The van der Waals surface area contributed by atoms with E-state index in [0.29, 0.717) is 17.3 Å². The Morgan fingerprint density at radius 1 is 1.36 bits per heavy atom. The lowest BCUT2D eigenvalue weighted by Gasteiger charge is -2.06. The maximum atomic E-state index is 11.0. The van der Waals surface area contributed by atoms with Gasteiger partial charge in [0.25, 0.3) is 0 Å². The summed E-state index contributed by atoms with van der Waals surface area (Å²) in [6, 6.07) is 10.1. The van der Waals surface area contributed by atoms with Gasteiger partial charge in [0.2, 0.25) is 0 Å². The first-order valence-electron chi connectivity index (χ1n) is 6.50. The minimum atomic E-state index is -1.01. The summed E-state index contributed by atoms with van der Waals surface area (Å²) in [4.78, 5) is 15.2. The van der Waals surface area contributed by atoms with Gasteiger partial charge >= 0.3 is 5.97 Å². The summed E-state index contributed by atoms with van der Waals surface area (Å²) >= 11 is 8.23. The lowest BCUT2D eigenvalue weighted by atomic mass is 10.2. The second-order valence-electron chi connectivity index (χ2n) is 4.35. The lowest BCUT2D eigenvalue weighted by molar-refractivity contribution is 0.0697. The molecule has 0 aliphatic rings. The number of carbonyl (C=O) groups is 1. The topological polar surface area (TPSA) is 58.9 Å². The van der Waals surface area contributed by atoms with Crippen LogP contribution in [0.4, 0.5) is 5.69 Å². The molecule has 1 N–H and O–H groups in total. The number of carboxylic acids is 1. The van der Waals surface area contributed by atoms with Gasteiger partial charge < -0.3 is 9.84 Å². The number of carboxylic acid groups (broad SMARTS) is 1. The molecule has 114 valence electrons. The Morgan fingerprint density at radius 3 is 2.77 bits per heavy atom. The molecule has 0 unspecified atom stereocenters. The summed E-state index contributed by atoms with van der Waals surface area (Å²) < 4.78 is 6.46. The van der Waals surface area contributed by atoms with Gasteiger partial charge in [0.1, 0.15) is 5.75 Å². The molecule has 0 spiro atoms. The molecule has 4 nitrogen and oxygen atoms in total. The number of rotatable bonds is 5. The van der Waals surface area contributed by atoms with Crippen LogP contribution in [-0.4, -0.2) is 23.9 Å². The maximum absolute atomic E-state index is 11.0. The molecule has 2 rings (SSSR count). The van der Waals surface area contributed by atoms with Crippen molar-refractivity contribution in [2.75, 3.05) is 6.61 Å². The number of hydrogen-bond donors (Lipinski definition) is 1. The number of halogens is 2. The van der Waals surface area contributed by atoms with Crippen LogP contribution in [0.1, 0.15) is 22.8 Å². The van der Waals surface area contributed by atoms with Crippen LogP contribution >= 0.6 is 34.2 Å². The smallest absolute Gasteiger partial charge is 0.335 e. The molecule has 0 aliphatic heterocycles. The highest BCUT2D eigenvalue weighted by atomic mass is 127. The third-order valence-electron chi connectivity index (χ3n) is 2.80. The molecule has 0 aromatic heterocycles. The van der Waals surface area contributed by atoms with E-state index in [2.05, 4.69) is 27.6 Å². The van der Waals surface area contributed by atoms with Crippen molar-refractivity contribution < 1.29 is 14.6 Å². The summed E-state index contributed by atoms with van der Waals surface area (Å²) in [5, 5.41) is 9.40. The van der Waals surface area contributed by atoms with Crippen molar-refractivity contribution >= 4 is 52.1 Å². The van der Waals surface area contributed by atoms with Crippen LogP contribution in [0.15, 0.2) is 41.4 Å². The third kappa shape index (κ3) is 4.20. The highest BCUT2D eigenvalue weighted by molar-refractivity contribution is 14.1. The molecule has 0 bridgehead atoms. The predicted molar refractivity (Wildman–Crippen MR) is 96.0 cm³/mol. The van der Waals surface area contributed by atoms with Crippen molar-refractivity contribution in [3.8, 4) is 5.75 Å². The molecule has 0 aliphatic carbocycles. The molecule has 0 amide bonds. The summed E-state index contributed by atoms with van der Waals surface area (Å²) in [5.41, 5.74) is 1.45. The first-order valence-corrected chi connectivity index (χ1v) is 7.96. The van der Waals surface area contributed by atoms with Gasteiger partial charge in [-0.05, 0) is 71.5 Å². The lowest BCUT2D eigenvalue weighted by Crippen LogP contribution is -1.95. The average molecular weight is 430 g/mol. The van der Waals surface area contributed by atoms with E-state index in [1.165, 1.54) is 18.2 Å². The summed E-state index contributed by atoms with van der Waals surface area (Å²) in [6.45, 7) is 2.55. The van der Waals surface area contributed by atoms with Crippen molar-refractivity contribution in [3.63, 3.8) is 0 Å². The van der Waals surface area contributed by atoms with Gasteiger partial charge in [0, 0.05) is 6.21 Å². The number of benzene rings is 2. The first-order chi connectivity index (χ1) is 10.5. The number of hydrogen-bond acceptors (Lipinski definition) is 3. The Kier molecular flexibility index (Phi) is 5.79. The fourth-order valence-electron chi connectivity index (χ4n) is 1.76. The van der Waals surface area contributed by atoms with Crippen LogP contribution in [0.5, 0.6) is 5.75 Å². The number of nitrogens with zero attached hydrogens (tertiary/aromatic N) is 1. The van der Waals surface area contributed by atoms with Gasteiger partial charge in [0.15, 0.2) is 0 Å². The number of aliphatic imine (C=N–C) groups is 1. The van der Waals surface area contributed by atoms with E-state index >= 15 is 0 Å². The van der Waals surface area contributed by atoms with Gasteiger partial charge in [-0.15, -0.1) is 0 Å². The molecule has 2 aromatic carbocycles. The molecule has 0 atom stereocenters. The quantitative estimate of drug-likeness (QED) is 0.549. The zero-order valence-corrected chi connectivity index (χ0v) is 14.6. The van der Waals surface area contributed by atoms with Gasteiger partial charge in [-0.2, -0.15) is 0 Å². The first kappa shape index (κ1) is 16.8. The van der Waals surface area contributed by atoms with Crippen LogP contribution in [-0.2, 0) is 0 Å². The maximum Gasteiger partial charge on any atom is 0.335 e. The minimum absolute atomic E-state index is 0.151. The van der Waals surface area contributed by atoms with Crippen molar-refractivity contribution in [3.05, 3.63) is 56.1 Å². The van der Waals surface area contributed by atoms with E-state index in [1.54, 1.807) is 6.21 Å². The molecule has 0 heterocycles. The Bertz CT molecular complexity index is 731. The Morgan fingerprint density at radius 2 is 2.14 bits per heavy atom. The molecule has 22 heavy (non-hydrogen) atoms. The van der Waals surface area contributed by atoms with Crippen LogP contribution < -0.4 is 4.74 Å². The van der Waals surface area contributed by atoms with Crippen LogP contribution in [0.25, 0.3) is 0 Å². The van der Waals surface area contributed by atoms with Gasteiger partial charge in [-0.1, -0.05) is 11.6 Å². The molecule has 0 radical (unpaired) electrons. The highest BCUT2D eigenvalue weighted by Gasteiger charge is 2.06. The SMILES string of the molecule is CCOc1ccc(C=Nc2cc(C(=O)O)ccc2Cl)cc1I. The van der Waals surface area contributed by atoms with Crippen LogP contribution in [0, 0.1) is 3.57 Å². The molecule has 0 saturated heterocycles. The molecule has 0 fully saturated rings. The molecular weight excluding hydrogens is 417 g/mol. The minimum Gasteiger partial charge on any atom is -0.493 e. The second kappa shape index (κ2) is 7.60. The van der Waals surface area contributed by atoms with Gasteiger partial charge in [-0.25, -0.2) is 4.79 Å². The molecule has 0 saturated carbocycles. The fourth-order valence-corrected chi connectivity index (χ4v) is 2.62. The molecular formula is C16H13ClINO3. The monoisotopic (exact) mass is 429 g/mol. The zero-order valence-electron chi connectivity index (χ0n) is 11.7.